The Morgan fingerprint density at radius 3 is 1.15 bits per heavy atom. The summed E-state index contributed by atoms with van der Waals surface area (Å²) in [5, 5.41) is 0. The van der Waals surface area contributed by atoms with Crippen molar-refractivity contribution in [2.75, 3.05) is 6.61 Å². The summed E-state index contributed by atoms with van der Waals surface area (Å²) in [5.41, 5.74) is -3.09. The molecule has 0 spiro atoms. The van der Waals surface area contributed by atoms with E-state index in [1.165, 1.54) is 0 Å². The van der Waals surface area contributed by atoms with Gasteiger partial charge in [0.2, 0.25) is 12.4 Å². The first kappa shape index (κ1) is 42.0. The zero-order valence-corrected chi connectivity index (χ0v) is 32.9. The van der Waals surface area contributed by atoms with Crippen molar-refractivity contribution in [1.29, 1.82) is 0 Å². The molecule has 0 aromatic heterocycles. The van der Waals surface area contributed by atoms with Gasteiger partial charge in [0.25, 0.3) is 0 Å². The zero-order chi connectivity index (χ0) is 36.4. The van der Waals surface area contributed by atoms with Crippen molar-refractivity contribution in [2.45, 2.75) is 172 Å². The van der Waals surface area contributed by atoms with Gasteiger partial charge in [0, 0.05) is 0 Å². The van der Waals surface area contributed by atoms with Gasteiger partial charge in [-0.3, -0.25) is 19.2 Å². The summed E-state index contributed by atoms with van der Waals surface area (Å²) in [7, 11) is -2.48. The summed E-state index contributed by atoms with van der Waals surface area (Å²) in [6, 6.07) is 0. The number of hydrogen-bond acceptors (Lipinski definition) is 10. The molecular weight excluding hydrogens is 608 g/mol. The lowest BCUT2D eigenvalue weighted by molar-refractivity contribution is -0.305. The molecule has 1 heterocycles. The van der Waals surface area contributed by atoms with Gasteiger partial charge < -0.3 is 28.1 Å². The van der Waals surface area contributed by atoms with Gasteiger partial charge in [0.15, 0.2) is 20.5 Å². The Hall–Kier alpha value is -1.98. The van der Waals surface area contributed by atoms with Crippen LogP contribution in [0.4, 0.5) is 0 Å². The van der Waals surface area contributed by atoms with Gasteiger partial charge in [0.05, 0.1) is 28.3 Å². The van der Waals surface area contributed by atoms with Crippen LogP contribution >= 0.6 is 0 Å². The van der Waals surface area contributed by atoms with Crippen LogP contribution < -0.4 is 0 Å². The Labute approximate surface area is 279 Å². The van der Waals surface area contributed by atoms with Crippen LogP contribution in [0.2, 0.25) is 16.6 Å². The lowest BCUT2D eigenvalue weighted by Crippen LogP contribution is -2.65. The predicted octanol–water partition coefficient (Wildman–Crippen LogP) is 7.37. The summed E-state index contributed by atoms with van der Waals surface area (Å²) in [5.74, 6) is -2.45. The zero-order valence-electron chi connectivity index (χ0n) is 31.9. The van der Waals surface area contributed by atoms with Crippen molar-refractivity contribution in [3.63, 3.8) is 0 Å². The van der Waals surface area contributed by atoms with Crippen molar-refractivity contribution >= 4 is 32.2 Å². The second kappa shape index (κ2) is 15.1. The van der Waals surface area contributed by atoms with E-state index in [1.807, 2.05) is 0 Å². The topological polar surface area (TPSA) is 124 Å². The molecule has 0 aliphatic carbocycles. The van der Waals surface area contributed by atoms with Gasteiger partial charge in [0.1, 0.15) is 6.10 Å². The monoisotopic (exact) mass is 672 g/mol. The minimum atomic E-state index is -2.48. The van der Waals surface area contributed by atoms with E-state index in [-0.39, 0.29) is 23.2 Å². The molecule has 10 nitrogen and oxygen atoms in total. The van der Waals surface area contributed by atoms with E-state index in [0.29, 0.717) is 0 Å². The molecule has 46 heavy (non-hydrogen) atoms. The molecule has 11 heteroatoms. The maximum atomic E-state index is 13.5. The normalized spacial score (nSPS) is 23.4. The van der Waals surface area contributed by atoms with Gasteiger partial charge >= 0.3 is 23.9 Å². The third kappa shape index (κ3) is 10.5. The van der Waals surface area contributed by atoms with E-state index < -0.39 is 84.6 Å². The third-order valence-electron chi connectivity index (χ3n) is 8.20. The molecule has 1 saturated heterocycles. The van der Waals surface area contributed by atoms with E-state index in [1.54, 1.807) is 83.1 Å². The molecule has 0 amide bonds. The molecule has 268 valence electrons. The lowest BCUT2D eigenvalue weighted by atomic mass is 9.93. The number of carbonyl (C=O) groups is 4. The molecule has 1 fully saturated rings. The minimum Gasteiger partial charge on any atom is -0.455 e. The van der Waals surface area contributed by atoms with E-state index in [2.05, 4.69) is 41.5 Å². The number of carbonyl (C=O) groups excluding carboxylic acids is 4. The van der Waals surface area contributed by atoms with Crippen LogP contribution in [0.5, 0.6) is 0 Å². The highest BCUT2D eigenvalue weighted by Crippen LogP contribution is 2.43. The molecule has 0 radical (unpaired) electrons. The van der Waals surface area contributed by atoms with Crippen LogP contribution in [0.1, 0.15) is 125 Å². The van der Waals surface area contributed by atoms with Crippen LogP contribution in [0.15, 0.2) is 0 Å². The summed E-state index contributed by atoms with van der Waals surface area (Å²) in [6.07, 6.45) is -6.59. The first-order chi connectivity index (χ1) is 20.5. The maximum absolute atomic E-state index is 13.5. The van der Waals surface area contributed by atoms with Gasteiger partial charge in [-0.1, -0.05) is 41.5 Å². The van der Waals surface area contributed by atoms with Gasteiger partial charge in [-0.2, -0.15) is 0 Å². The highest BCUT2D eigenvalue weighted by molar-refractivity contribution is 6.77. The predicted molar refractivity (Wildman–Crippen MR) is 179 cm³/mol. The molecule has 0 bridgehead atoms. The average Bonchev–Trinajstić information content (AvgIpc) is 2.84. The quantitative estimate of drug-likeness (QED) is 0.132. The fraction of sp³-hybridized carbons (Fsp3) is 0.886. The number of rotatable bonds is 10. The van der Waals surface area contributed by atoms with E-state index in [0.717, 1.165) is 0 Å². The second-order valence-corrected chi connectivity index (χ2v) is 23.1. The standard InChI is InChI=1S/C35H64O10Si/c1-20(2)46(21(3)4,22(5)6)40-19-23-24(42-28(36)32(7,8)9)25(43-29(37)33(10,11)12)26(44-30(38)34(13,14)15)27(41-23)45-31(39)35(16,17)18/h20-27H,19H2,1-18H3/t23-,24-,25+,26-,27+/m1/s1. The van der Waals surface area contributed by atoms with Gasteiger partial charge in [-0.05, 0) is 99.7 Å². The average molecular weight is 673 g/mol. The summed E-state index contributed by atoms with van der Waals surface area (Å²) < 4.78 is 37.4. The van der Waals surface area contributed by atoms with Crippen LogP contribution in [-0.4, -0.2) is 69.5 Å². The maximum Gasteiger partial charge on any atom is 0.313 e. The molecule has 0 aromatic carbocycles. The Bertz CT molecular complexity index is 1050. The molecule has 0 saturated carbocycles. The fourth-order valence-corrected chi connectivity index (χ4v) is 10.9. The molecule has 5 atom stereocenters. The van der Waals surface area contributed by atoms with E-state index in [4.69, 9.17) is 28.1 Å². The molecule has 0 N–H and O–H groups in total. The Morgan fingerprint density at radius 2 is 0.826 bits per heavy atom. The smallest absolute Gasteiger partial charge is 0.313 e. The largest absolute Gasteiger partial charge is 0.455 e. The first-order valence-electron chi connectivity index (χ1n) is 16.6. The number of esters is 4. The molecule has 1 aliphatic heterocycles. The van der Waals surface area contributed by atoms with E-state index >= 15 is 0 Å². The number of ether oxygens (including phenoxy) is 5. The van der Waals surface area contributed by atoms with Crippen molar-refractivity contribution in [1.82, 2.24) is 0 Å². The SMILES string of the molecule is CC(C)[Si](OC[C@H]1O[C@@H](OC(=O)C(C)(C)C)[C@H](OC(=O)C(C)(C)C)[C@@H](OC(=O)C(C)(C)C)[C@@H]1OC(=O)C(C)(C)C)(C(C)C)C(C)C. The Kier molecular flexibility index (Phi) is 13.8. The molecule has 0 unspecified atom stereocenters. The first-order valence-corrected chi connectivity index (χ1v) is 18.8. The molecule has 1 rings (SSSR count). The Morgan fingerprint density at radius 1 is 0.522 bits per heavy atom. The van der Waals surface area contributed by atoms with E-state index in [9.17, 15) is 19.2 Å². The lowest BCUT2D eigenvalue weighted by Gasteiger charge is -2.48. The van der Waals surface area contributed by atoms with Crippen molar-refractivity contribution < 1.29 is 47.3 Å². The van der Waals surface area contributed by atoms with Crippen molar-refractivity contribution in [3.05, 3.63) is 0 Å². The minimum absolute atomic E-state index is 0.0318. The summed E-state index contributed by atoms with van der Waals surface area (Å²) in [6.45, 7) is 33.1. The fourth-order valence-electron chi connectivity index (χ4n) is 5.42. The second-order valence-electron chi connectivity index (χ2n) is 17.7. The third-order valence-corrected chi connectivity index (χ3v) is 14.3. The highest BCUT2D eigenvalue weighted by Gasteiger charge is 2.57. The summed E-state index contributed by atoms with van der Waals surface area (Å²) >= 11 is 0. The summed E-state index contributed by atoms with van der Waals surface area (Å²) in [4.78, 5) is 53.6. The number of hydrogen-bond donors (Lipinski definition) is 0. The van der Waals surface area contributed by atoms with Crippen molar-refractivity contribution in [2.24, 2.45) is 21.7 Å². The van der Waals surface area contributed by atoms with Crippen molar-refractivity contribution in [3.8, 4) is 0 Å². The highest BCUT2D eigenvalue weighted by atomic mass is 28.4. The van der Waals surface area contributed by atoms with Crippen LogP contribution in [0.3, 0.4) is 0 Å². The van der Waals surface area contributed by atoms with Crippen LogP contribution in [0, 0.1) is 21.7 Å². The van der Waals surface area contributed by atoms with Gasteiger partial charge in [-0.25, -0.2) is 0 Å². The molecule has 0 aromatic rings. The molecular formula is C35H64O10Si. The van der Waals surface area contributed by atoms with Gasteiger partial charge in [-0.15, -0.1) is 0 Å². The Balaban J connectivity index is 3.98. The van der Waals surface area contributed by atoms with Crippen LogP contribution in [-0.2, 0) is 47.3 Å². The molecule has 1 aliphatic rings. The van der Waals surface area contributed by atoms with Crippen LogP contribution in [0.25, 0.3) is 0 Å².